The summed E-state index contributed by atoms with van der Waals surface area (Å²) in [7, 11) is 0. The minimum atomic E-state index is 0.472. The Bertz CT molecular complexity index is 613. The van der Waals surface area contributed by atoms with Crippen molar-refractivity contribution in [3.8, 4) is 5.75 Å². The van der Waals surface area contributed by atoms with Crippen molar-refractivity contribution in [1.29, 1.82) is 0 Å². The van der Waals surface area contributed by atoms with E-state index < -0.39 is 0 Å². The van der Waals surface area contributed by atoms with Crippen LogP contribution in [0.3, 0.4) is 0 Å². The van der Waals surface area contributed by atoms with E-state index >= 15 is 0 Å². The topological polar surface area (TPSA) is 52.0 Å². The number of hydrogen-bond acceptors (Lipinski definition) is 4. The molecule has 1 aromatic carbocycles. The second kappa shape index (κ2) is 6.64. The number of halogens is 2. The normalized spacial score (nSPS) is 14.4. The first-order valence-electron chi connectivity index (χ1n) is 6.91. The molecule has 21 heavy (non-hydrogen) atoms. The second-order valence-electron chi connectivity index (χ2n) is 5.05. The molecule has 1 saturated carbocycles. The van der Waals surface area contributed by atoms with Crippen LogP contribution in [0.1, 0.15) is 18.5 Å². The summed E-state index contributed by atoms with van der Waals surface area (Å²) in [5.74, 6) is 0.622. The molecular weight excluding hydrogens is 311 g/mol. The Labute approximate surface area is 133 Å². The van der Waals surface area contributed by atoms with E-state index in [9.17, 15) is 0 Å². The lowest BCUT2D eigenvalue weighted by Gasteiger charge is -2.07. The summed E-state index contributed by atoms with van der Waals surface area (Å²) >= 11 is 11.9. The van der Waals surface area contributed by atoms with E-state index in [0.29, 0.717) is 35.0 Å². The summed E-state index contributed by atoms with van der Waals surface area (Å²) in [6, 6.07) is 5.84. The molecule has 5 nitrogen and oxygen atoms in total. The highest BCUT2D eigenvalue weighted by atomic mass is 35.5. The minimum absolute atomic E-state index is 0.472. The van der Waals surface area contributed by atoms with E-state index in [4.69, 9.17) is 27.9 Å². The Kier molecular flexibility index (Phi) is 4.63. The highest BCUT2D eigenvalue weighted by molar-refractivity contribution is 6.35. The Morgan fingerprint density at radius 3 is 2.95 bits per heavy atom. The van der Waals surface area contributed by atoms with Crippen LogP contribution < -0.4 is 10.1 Å². The second-order valence-corrected chi connectivity index (χ2v) is 5.89. The molecule has 1 fully saturated rings. The fourth-order valence-electron chi connectivity index (χ4n) is 1.91. The molecule has 0 bridgehead atoms. The predicted octanol–water partition coefficient (Wildman–Crippen LogP) is 2.92. The SMILES string of the molecule is Clc1ccc(OCCn2cc(CNC3CC3)nn2)c(Cl)c1. The van der Waals surface area contributed by atoms with Crippen molar-refractivity contribution in [2.45, 2.75) is 32.0 Å². The lowest BCUT2D eigenvalue weighted by molar-refractivity contribution is 0.290. The molecule has 7 heteroatoms. The molecule has 112 valence electrons. The molecule has 1 aliphatic carbocycles. The molecule has 0 saturated heterocycles. The first-order chi connectivity index (χ1) is 10.2. The van der Waals surface area contributed by atoms with Crippen LogP contribution in [-0.4, -0.2) is 27.6 Å². The molecule has 0 atom stereocenters. The standard InChI is InChI=1S/C14H16Cl2N4O/c15-10-1-4-14(13(16)7-10)21-6-5-20-9-12(18-19-20)8-17-11-2-3-11/h1,4,7,9,11,17H,2-3,5-6,8H2. The average molecular weight is 327 g/mol. The highest BCUT2D eigenvalue weighted by Crippen LogP contribution is 2.27. The number of hydrogen-bond donors (Lipinski definition) is 1. The number of benzene rings is 1. The quantitative estimate of drug-likeness (QED) is 0.850. The lowest BCUT2D eigenvalue weighted by Crippen LogP contribution is -2.15. The van der Waals surface area contributed by atoms with Crippen LogP contribution in [0.25, 0.3) is 0 Å². The highest BCUT2D eigenvalue weighted by Gasteiger charge is 2.20. The van der Waals surface area contributed by atoms with Crippen LogP contribution in [-0.2, 0) is 13.1 Å². The van der Waals surface area contributed by atoms with Crippen molar-refractivity contribution >= 4 is 23.2 Å². The van der Waals surface area contributed by atoms with Crippen molar-refractivity contribution in [3.05, 3.63) is 40.1 Å². The zero-order chi connectivity index (χ0) is 14.7. The lowest BCUT2D eigenvalue weighted by atomic mass is 10.3. The van der Waals surface area contributed by atoms with Gasteiger partial charge < -0.3 is 10.1 Å². The van der Waals surface area contributed by atoms with Crippen LogP contribution in [0, 0.1) is 0 Å². The molecule has 0 aliphatic heterocycles. The first kappa shape index (κ1) is 14.6. The van der Waals surface area contributed by atoms with Gasteiger partial charge in [0.05, 0.1) is 17.3 Å². The molecule has 0 unspecified atom stereocenters. The molecule has 0 amide bonds. The van der Waals surface area contributed by atoms with Gasteiger partial charge in [-0.05, 0) is 31.0 Å². The van der Waals surface area contributed by atoms with Gasteiger partial charge in [0.2, 0.25) is 0 Å². The zero-order valence-corrected chi connectivity index (χ0v) is 12.9. The Morgan fingerprint density at radius 1 is 1.33 bits per heavy atom. The fourth-order valence-corrected chi connectivity index (χ4v) is 2.37. The van der Waals surface area contributed by atoms with Crippen molar-refractivity contribution in [2.24, 2.45) is 0 Å². The molecule has 3 rings (SSSR count). The van der Waals surface area contributed by atoms with E-state index in [1.807, 2.05) is 6.20 Å². The molecule has 2 aromatic rings. The van der Waals surface area contributed by atoms with Gasteiger partial charge in [-0.1, -0.05) is 28.4 Å². The monoisotopic (exact) mass is 326 g/mol. The molecule has 0 spiro atoms. The molecule has 1 heterocycles. The fraction of sp³-hybridized carbons (Fsp3) is 0.429. The van der Waals surface area contributed by atoms with Gasteiger partial charge in [-0.2, -0.15) is 0 Å². The van der Waals surface area contributed by atoms with Crippen LogP contribution in [0.4, 0.5) is 0 Å². The van der Waals surface area contributed by atoms with Gasteiger partial charge in [-0.3, -0.25) is 0 Å². The zero-order valence-electron chi connectivity index (χ0n) is 11.4. The van der Waals surface area contributed by atoms with E-state index in [0.717, 1.165) is 12.2 Å². The van der Waals surface area contributed by atoms with E-state index in [2.05, 4.69) is 15.6 Å². The predicted molar refractivity (Wildman–Crippen MR) is 81.8 cm³/mol. The maximum atomic E-state index is 6.04. The van der Waals surface area contributed by atoms with Gasteiger partial charge in [-0.15, -0.1) is 5.10 Å². The molecule has 1 N–H and O–H groups in total. The van der Waals surface area contributed by atoms with Gasteiger partial charge in [-0.25, -0.2) is 4.68 Å². The summed E-state index contributed by atoms with van der Waals surface area (Å²) < 4.78 is 7.39. The van der Waals surface area contributed by atoms with Crippen LogP contribution in [0.5, 0.6) is 5.75 Å². The van der Waals surface area contributed by atoms with E-state index in [-0.39, 0.29) is 0 Å². The summed E-state index contributed by atoms with van der Waals surface area (Å²) in [5, 5.41) is 12.7. The van der Waals surface area contributed by atoms with Crippen molar-refractivity contribution in [1.82, 2.24) is 20.3 Å². The molecular formula is C14H16Cl2N4O. The van der Waals surface area contributed by atoms with Gasteiger partial charge in [0.1, 0.15) is 12.4 Å². The van der Waals surface area contributed by atoms with E-state index in [1.54, 1.807) is 22.9 Å². The first-order valence-corrected chi connectivity index (χ1v) is 7.66. The summed E-state index contributed by atoms with van der Waals surface area (Å²) in [6.07, 6.45) is 4.47. The Morgan fingerprint density at radius 2 is 2.19 bits per heavy atom. The van der Waals surface area contributed by atoms with Crippen LogP contribution in [0.15, 0.2) is 24.4 Å². The van der Waals surface area contributed by atoms with E-state index in [1.165, 1.54) is 12.8 Å². The Hall–Kier alpha value is -1.30. The minimum Gasteiger partial charge on any atom is -0.490 e. The number of nitrogens with one attached hydrogen (secondary N) is 1. The van der Waals surface area contributed by atoms with Crippen molar-refractivity contribution < 1.29 is 4.74 Å². The largest absolute Gasteiger partial charge is 0.490 e. The van der Waals surface area contributed by atoms with Gasteiger partial charge in [0.15, 0.2) is 0 Å². The van der Waals surface area contributed by atoms with Crippen molar-refractivity contribution in [2.75, 3.05) is 6.61 Å². The number of rotatable bonds is 7. The summed E-state index contributed by atoms with van der Waals surface area (Å²) in [5.41, 5.74) is 0.950. The Balaban J connectivity index is 1.46. The number of aromatic nitrogens is 3. The molecule has 1 aromatic heterocycles. The maximum absolute atomic E-state index is 6.04. The van der Waals surface area contributed by atoms with Crippen LogP contribution in [0.2, 0.25) is 10.0 Å². The number of ether oxygens (including phenoxy) is 1. The summed E-state index contributed by atoms with van der Waals surface area (Å²) in [6.45, 7) is 1.87. The smallest absolute Gasteiger partial charge is 0.138 e. The van der Waals surface area contributed by atoms with Crippen LogP contribution >= 0.6 is 23.2 Å². The maximum Gasteiger partial charge on any atom is 0.138 e. The number of nitrogens with zero attached hydrogens (tertiary/aromatic N) is 3. The third-order valence-electron chi connectivity index (χ3n) is 3.21. The molecule has 1 aliphatic rings. The molecule has 0 radical (unpaired) electrons. The van der Waals surface area contributed by atoms with Gasteiger partial charge in [0, 0.05) is 23.8 Å². The summed E-state index contributed by atoms with van der Waals surface area (Å²) in [4.78, 5) is 0. The third-order valence-corrected chi connectivity index (χ3v) is 3.74. The third kappa shape index (κ3) is 4.33. The van der Waals surface area contributed by atoms with Gasteiger partial charge >= 0.3 is 0 Å². The van der Waals surface area contributed by atoms with Gasteiger partial charge in [0.25, 0.3) is 0 Å². The van der Waals surface area contributed by atoms with Crippen molar-refractivity contribution in [3.63, 3.8) is 0 Å². The average Bonchev–Trinajstić information content (AvgIpc) is 3.18.